The fourth-order valence-corrected chi connectivity index (χ4v) is 16.7. The molecule has 0 bridgehead atoms. The summed E-state index contributed by atoms with van der Waals surface area (Å²) in [6.07, 6.45) is 5.73. The van der Waals surface area contributed by atoms with E-state index in [1.807, 2.05) is 82.5 Å². The molecule has 110 heavy (non-hydrogen) atoms. The molecule has 634 valence electrons. The summed E-state index contributed by atoms with van der Waals surface area (Å²) in [5, 5.41) is 49.6. The van der Waals surface area contributed by atoms with Gasteiger partial charge in [-0.05, 0) is 183 Å². The van der Waals surface area contributed by atoms with Crippen molar-refractivity contribution < 1.29 is 58.6 Å². The maximum absolute atomic E-state index is 14.0. The van der Waals surface area contributed by atoms with Gasteiger partial charge in [0, 0.05) is 52.7 Å². The third kappa shape index (κ3) is 35.9. The first-order chi connectivity index (χ1) is 49.9. The third-order valence-electron chi connectivity index (χ3n) is 24.4. The van der Waals surface area contributed by atoms with Gasteiger partial charge in [0.25, 0.3) is 0 Å². The van der Waals surface area contributed by atoms with Crippen molar-refractivity contribution in [1.82, 2.24) is 20.3 Å². The molecule has 0 spiro atoms. The van der Waals surface area contributed by atoms with Crippen LogP contribution in [0.15, 0.2) is 69.8 Å². The number of Topliss-reactive ketones (excluding diaryl/α,β-unsaturated/α-hetero) is 1. The first kappa shape index (κ1) is 105. The zero-order valence-corrected chi connectivity index (χ0v) is 79.5. The van der Waals surface area contributed by atoms with E-state index in [1.54, 1.807) is 80.8 Å². The van der Waals surface area contributed by atoms with Gasteiger partial charge >= 0.3 is 11.6 Å². The predicted octanol–water partition coefficient (Wildman–Crippen LogP) is 23.4. The Labute approximate surface area is 693 Å². The largest absolute Gasteiger partial charge is 0.508 e. The number of hydrogen-bond donors (Lipinski definition) is 5. The highest BCUT2D eigenvalue weighted by Crippen LogP contribution is 2.49. The maximum atomic E-state index is 14.0. The van der Waals surface area contributed by atoms with E-state index in [2.05, 4.69) is 214 Å². The molecule has 2 saturated heterocycles. The van der Waals surface area contributed by atoms with Crippen LogP contribution in [0.5, 0.6) is 0 Å². The van der Waals surface area contributed by atoms with E-state index in [0.717, 1.165) is 51.3 Å². The number of carbonyl (C=O) groups excluding carboxylic acids is 4. The number of nitrogens with one attached hydrogen (secondary N) is 1. The lowest BCUT2D eigenvalue weighted by atomic mass is 9.60. The van der Waals surface area contributed by atoms with Crippen molar-refractivity contribution in [2.24, 2.45) is 96.1 Å². The van der Waals surface area contributed by atoms with Crippen molar-refractivity contribution in [2.75, 3.05) is 24.7 Å². The van der Waals surface area contributed by atoms with Crippen LogP contribution in [0.3, 0.4) is 0 Å². The van der Waals surface area contributed by atoms with E-state index in [0.29, 0.717) is 30.6 Å². The first-order valence-electron chi connectivity index (χ1n) is 39.8. The van der Waals surface area contributed by atoms with Gasteiger partial charge in [-0.25, -0.2) is 24.5 Å². The van der Waals surface area contributed by atoms with Crippen LogP contribution in [0, 0.1) is 103 Å². The van der Waals surface area contributed by atoms with Crippen molar-refractivity contribution in [3.05, 3.63) is 70.4 Å². The number of aryl methyl sites for hydroxylation is 1. The number of hydrogen-bond acceptors (Lipinski definition) is 20. The van der Waals surface area contributed by atoms with Gasteiger partial charge in [-0.2, -0.15) is 0 Å². The second kappa shape index (κ2) is 45.1. The molecule has 0 radical (unpaired) electrons. The summed E-state index contributed by atoms with van der Waals surface area (Å²) in [5.74, 6) is 2.17. The Hall–Kier alpha value is -2.96. The number of fused-ring (bicyclic) bond motifs is 1. The number of pyridine rings is 2. The average molecular weight is 1650 g/mol. The SMILES string of the molecule is C/C(=C\c1csc(C)n1)C1C[C@@H]2O[C@]2(C)CCCC(C)(C)[C@H](C)[C@H](O)[C@@H](C)C(C)(C)C(=O)C(C)(C)[C@@H](O)CC(=O)N1.C[C@H](C(O)[C@@H](C)C(C)(C)C)C(C)(C)C.C[C@H](C(OC(=O)Cl)[C@@H](C)C(C)(C)C)C(C)(C)C.C[C@H](C(OC(=O)OCCSSc1ccccn1)[C@@H](C)C(C)(C)C)C(C)(C)C.OCCSSc1ccccn1. The standard InChI is InChI=1S/C33H54N2O5S.C21H35NO3S2.C14H27ClO2.C13H28O.C7H9NOS2/c1-19(15-23-18-41-22(4)34-23)24-16-26-33(11,40-26)14-12-13-30(5,6)20(2)28(38)21(3)31(7,8)29(39)32(9,10)25(36)17-27(37)35-24;1-15(20(3,4)5)18(16(2)21(6,7)8)25-19(23)24-13-14-26-27-17-11-9-10-12-22-17;1-9(13(3,4)5)11(17-12(15)16)10(2)14(6,7)8;1-9(12(3,4)5)11(14)10(2)13(6,7)8;9-5-6-10-11-7-3-1-2-4-8-7/h15,18,20-21,24-26,28,36,38H,12-14,16-17H2,1-11H3,(H,35,37);9-12,15-16,18H,13-14H2,1-8H3;9-11H,1-8H3;9-11,14H,1-8H3;1-4,9H,5-6H2/b19-15+;;;;/t20-,21-,24?,25+,26+,28+,33-;15-,16-;2*9-,10-;/m1111./s1. The average Bonchev–Trinajstić information content (AvgIpc) is 1.52. The fourth-order valence-electron chi connectivity index (χ4n) is 12.6. The number of aliphatic hydroxyl groups is 4. The van der Waals surface area contributed by atoms with Gasteiger partial charge in [0.05, 0.1) is 65.2 Å². The summed E-state index contributed by atoms with van der Waals surface area (Å²) < 4.78 is 22.7. The van der Waals surface area contributed by atoms with E-state index >= 15 is 0 Å². The lowest BCUT2D eigenvalue weighted by Gasteiger charge is -2.45. The third-order valence-corrected chi connectivity index (χ3v) is 29.8. The van der Waals surface area contributed by atoms with E-state index in [1.165, 1.54) is 0 Å². The Morgan fingerprint density at radius 1 is 0.664 bits per heavy atom. The molecule has 22 heteroatoms. The maximum Gasteiger partial charge on any atom is 0.508 e. The van der Waals surface area contributed by atoms with Crippen LogP contribution < -0.4 is 5.32 Å². The number of aromatic nitrogens is 3. The van der Waals surface area contributed by atoms with E-state index in [4.69, 9.17) is 35.7 Å². The molecular weight excluding hydrogens is 1500 g/mol. The highest BCUT2D eigenvalue weighted by Gasteiger charge is 2.54. The minimum absolute atomic E-state index is 0.00194. The molecule has 13 atom stereocenters. The second-order valence-electron chi connectivity index (χ2n) is 39.6. The Kier molecular flexibility index (Phi) is 43.1. The molecule has 0 saturated carbocycles. The summed E-state index contributed by atoms with van der Waals surface area (Å²) in [4.78, 5) is 63.5. The molecule has 2 aliphatic rings. The second-order valence-corrected chi connectivity index (χ2v) is 45.9. The topological polar surface area (TPSA) is 240 Å². The van der Waals surface area contributed by atoms with Crippen molar-refractivity contribution in [1.29, 1.82) is 0 Å². The number of halogens is 1. The molecule has 3 aromatic heterocycles. The van der Waals surface area contributed by atoms with Crippen molar-refractivity contribution in [3.63, 3.8) is 0 Å². The summed E-state index contributed by atoms with van der Waals surface area (Å²) in [6, 6.07) is 11.3. The van der Waals surface area contributed by atoms with Crippen LogP contribution in [0.1, 0.15) is 278 Å². The highest BCUT2D eigenvalue weighted by molar-refractivity contribution is 8.77. The smallest absolute Gasteiger partial charge is 0.450 e. The Balaban J connectivity index is 0.000000752. The molecular formula is C88H153ClN4O12S5. The number of carbonyl (C=O) groups is 4. The number of ether oxygens (including phenoxy) is 4. The number of ketones is 1. The van der Waals surface area contributed by atoms with Gasteiger partial charge in [0.1, 0.15) is 34.6 Å². The lowest BCUT2D eigenvalue weighted by molar-refractivity contribution is -0.150. The lowest BCUT2D eigenvalue weighted by Crippen LogP contribution is -2.52. The van der Waals surface area contributed by atoms with Crippen LogP contribution in [0.25, 0.3) is 6.08 Å². The number of aliphatic hydroxyl groups excluding tert-OH is 4. The predicted molar refractivity (Wildman–Crippen MR) is 468 cm³/mol. The van der Waals surface area contributed by atoms with Crippen molar-refractivity contribution in [2.45, 2.75) is 333 Å². The molecule has 5 N–H and O–H groups in total. The van der Waals surface area contributed by atoms with Crippen LogP contribution in [-0.4, -0.2) is 132 Å². The van der Waals surface area contributed by atoms with Gasteiger partial charge in [-0.3, -0.25) is 9.59 Å². The zero-order valence-electron chi connectivity index (χ0n) is 74.6. The van der Waals surface area contributed by atoms with Crippen LogP contribution >= 0.6 is 66.1 Å². The van der Waals surface area contributed by atoms with E-state index in [9.17, 15) is 34.5 Å². The summed E-state index contributed by atoms with van der Waals surface area (Å²) in [7, 11) is 6.39. The minimum atomic E-state index is -1.18. The van der Waals surface area contributed by atoms with Gasteiger partial charge in [0.15, 0.2) is 0 Å². The molecule has 0 aromatic carbocycles. The Morgan fingerprint density at radius 2 is 1.10 bits per heavy atom. The normalized spacial score (nSPS) is 23.3. The van der Waals surface area contributed by atoms with Crippen molar-refractivity contribution >= 4 is 95.5 Å². The van der Waals surface area contributed by atoms with Crippen molar-refractivity contribution in [3.8, 4) is 0 Å². The van der Waals surface area contributed by atoms with Crippen LogP contribution in [-0.2, 0) is 28.5 Å². The summed E-state index contributed by atoms with van der Waals surface area (Å²) in [6.45, 7) is 74.2. The summed E-state index contributed by atoms with van der Waals surface area (Å²) in [5.41, 5.74) is -0.768. The molecule has 1 unspecified atom stereocenters. The number of thiazole rings is 1. The molecule has 1 amide bonds. The molecule has 0 aliphatic carbocycles. The number of amides is 1. The molecule has 5 heterocycles. The van der Waals surface area contributed by atoms with Gasteiger partial charge in [-0.1, -0.05) is 255 Å². The molecule has 2 aliphatic heterocycles. The number of rotatable bonds is 19. The van der Waals surface area contributed by atoms with Crippen LogP contribution in [0.2, 0.25) is 0 Å². The quantitative estimate of drug-likeness (QED) is 0.0246. The van der Waals surface area contributed by atoms with Gasteiger partial charge < -0.3 is 44.7 Å². The monoisotopic (exact) mass is 1650 g/mol. The molecule has 2 fully saturated rings. The van der Waals surface area contributed by atoms with E-state index in [-0.39, 0.29) is 134 Å². The number of epoxide rings is 1. The summed E-state index contributed by atoms with van der Waals surface area (Å²) >= 11 is 6.98. The van der Waals surface area contributed by atoms with Crippen LogP contribution in [0.4, 0.5) is 9.59 Å². The molecule has 5 rings (SSSR count). The Bertz CT molecular complexity index is 3160. The molecule has 3 aromatic rings. The van der Waals surface area contributed by atoms with Gasteiger partial charge in [-0.15, -0.1) is 11.3 Å². The highest BCUT2D eigenvalue weighted by atomic mass is 35.5. The fraction of sp³-hybridized carbons (Fsp3) is 0.784. The number of nitrogens with zero attached hydrogens (tertiary/aromatic N) is 3. The molecule has 16 nitrogen and oxygen atoms in total. The van der Waals surface area contributed by atoms with E-state index < -0.39 is 34.6 Å². The van der Waals surface area contributed by atoms with Gasteiger partial charge in [0.2, 0.25) is 5.91 Å². The Morgan fingerprint density at radius 3 is 1.49 bits per heavy atom. The zero-order chi connectivity index (χ0) is 85.5. The first-order valence-corrected chi connectivity index (χ1v) is 45.7. The minimum Gasteiger partial charge on any atom is -0.450 e.